The lowest BCUT2D eigenvalue weighted by atomic mass is 9.98. The first-order valence-electron chi connectivity index (χ1n) is 6.48. The van der Waals surface area contributed by atoms with E-state index in [9.17, 15) is 9.90 Å². The van der Waals surface area contributed by atoms with Crippen LogP contribution >= 0.6 is 12.4 Å². The molecule has 3 N–H and O–H groups in total. The molecule has 2 rings (SSSR count). The molecule has 1 aromatic rings. The number of benzene rings is 1. The molecule has 1 saturated heterocycles. The second-order valence-corrected chi connectivity index (χ2v) is 4.70. The summed E-state index contributed by atoms with van der Waals surface area (Å²) >= 11 is 0. The summed E-state index contributed by atoms with van der Waals surface area (Å²) in [6.07, 6.45) is 1.96. The van der Waals surface area contributed by atoms with Crippen LogP contribution in [0.2, 0.25) is 0 Å². The lowest BCUT2D eigenvalue weighted by Gasteiger charge is -2.25. The predicted octanol–water partition coefficient (Wildman–Crippen LogP) is 1.26. The fraction of sp³-hybridized carbons (Fsp3) is 0.500. The summed E-state index contributed by atoms with van der Waals surface area (Å²) in [5.74, 6) is 0.0571. The van der Waals surface area contributed by atoms with E-state index in [4.69, 9.17) is 0 Å². The summed E-state index contributed by atoms with van der Waals surface area (Å²) < 4.78 is 0. The van der Waals surface area contributed by atoms with Gasteiger partial charge in [0.15, 0.2) is 0 Å². The third-order valence-electron chi connectivity index (χ3n) is 3.37. The van der Waals surface area contributed by atoms with E-state index in [-0.39, 0.29) is 36.9 Å². The molecule has 0 unspecified atom stereocenters. The molecule has 0 bridgehead atoms. The van der Waals surface area contributed by atoms with Crippen LogP contribution in [-0.4, -0.2) is 30.7 Å². The average molecular weight is 285 g/mol. The first-order chi connectivity index (χ1) is 8.81. The zero-order valence-electron chi connectivity index (χ0n) is 10.8. The van der Waals surface area contributed by atoms with Gasteiger partial charge in [-0.1, -0.05) is 30.3 Å². The maximum Gasteiger partial charge on any atom is 0.224 e. The second-order valence-electron chi connectivity index (χ2n) is 4.70. The van der Waals surface area contributed by atoms with Crippen molar-refractivity contribution >= 4 is 18.3 Å². The van der Waals surface area contributed by atoms with Crippen LogP contribution in [0, 0.1) is 5.92 Å². The van der Waals surface area contributed by atoms with Crippen molar-refractivity contribution in [3.8, 4) is 0 Å². The Balaban J connectivity index is 0.00000180. The molecule has 2 atom stereocenters. The van der Waals surface area contributed by atoms with E-state index in [1.807, 2.05) is 30.3 Å². The van der Waals surface area contributed by atoms with Crippen molar-refractivity contribution in [1.82, 2.24) is 10.6 Å². The number of aliphatic hydroxyl groups is 1. The van der Waals surface area contributed by atoms with Gasteiger partial charge in [0.25, 0.3) is 0 Å². The molecule has 1 fully saturated rings. The molecule has 0 aliphatic carbocycles. The minimum absolute atomic E-state index is 0. The quantitative estimate of drug-likeness (QED) is 0.780. The molecule has 1 aliphatic heterocycles. The lowest BCUT2D eigenvalue weighted by molar-refractivity contribution is -0.126. The van der Waals surface area contributed by atoms with E-state index in [1.54, 1.807) is 0 Å². The van der Waals surface area contributed by atoms with E-state index in [0.717, 1.165) is 31.5 Å². The van der Waals surface area contributed by atoms with Crippen LogP contribution in [0.15, 0.2) is 30.3 Å². The zero-order chi connectivity index (χ0) is 12.8. The molecule has 0 spiro atoms. The highest BCUT2D eigenvalue weighted by molar-refractivity contribution is 5.85. The van der Waals surface area contributed by atoms with Gasteiger partial charge in [-0.25, -0.2) is 0 Å². The number of rotatable bonds is 4. The van der Waals surface area contributed by atoms with Crippen LogP contribution in [0.5, 0.6) is 0 Å². The SMILES string of the molecule is Cl.O=C(N[C@H](CO)c1ccccc1)[C@@H]1CCCNC1. The average Bonchev–Trinajstić information content (AvgIpc) is 2.46. The number of nitrogens with one attached hydrogen (secondary N) is 2. The van der Waals surface area contributed by atoms with Gasteiger partial charge < -0.3 is 15.7 Å². The Morgan fingerprint density at radius 2 is 2.16 bits per heavy atom. The van der Waals surface area contributed by atoms with Gasteiger partial charge in [0.05, 0.1) is 18.6 Å². The maximum atomic E-state index is 12.1. The number of carbonyl (C=O) groups is 1. The number of hydrogen-bond acceptors (Lipinski definition) is 3. The van der Waals surface area contributed by atoms with Crippen molar-refractivity contribution in [2.24, 2.45) is 5.92 Å². The second kappa shape index (κ2) is 8.15. The summed E-state index contributed by atoms with van der Waals surface area (Å²) in [7, 11) is 0. The molecule has 0 radical (unpaired) electrons. The summed E-state index contributed by atoms with van der Waals surface area (Å²) in [5.41, 5.74) is 0.942. The molecule has 106 valence electrons. The van der Waals surface area contributed by atoms with Gasteiger partial charge in [-0.15, -0.1) is 12.4 Å². The van der Waals surface area contributed by atoms with Crippen LogP contribution in [-0.2, 0) is 4.79 Å². The highest BCUT2D eigenvalue weighted by atomic mass is 35.5. The third kappa shape index (κ3) is 4.49. The maximum absolute atomic E-state index is 12.1. The van der Waals surface area contributed by atoms with E-state index in [1.165, 1.54) is 0 Å². The molecule has 0 aromatic heterocycles. The van der Waals surface area contributed by atoms with Gasteiger partial charge in [0, 0.05) is 6.54 Å². The summed E-state index contributed by atoms with van der Waals surface area (Å²) in [5, 5.41) is 15.5. The van der Waals surface area contributed by atoms with Gasteiger partial charge in [0.2, 0.25) is 5.91 Å². The predicted molar refractivity (Wildman–Crippen MR) is 77.3 cm³/mol. The Hall–Kier alpha value is -1.10. The first-order valence-corrected chi connectivity index (χ1v) is 6.48. The van der Waals surface area contributed by atoms with E-state index >= 15 is 0 Å². The number of amides is 1. The monoisotopic (exact) mass is 284 g/mol. The van der Waals surface area contributed by atoms with E-state index < -0.39 is 0 Å². The van der Waals surface area contributed by atoms with Crippen LogP contribution in [0.4, 0.5) is 0 Å². The van der Waals surface area contributed by atoms with E-state index in [2.05, 4.69) is 10.6 Å². The molecule has 4 nitrogen and oxygen atoms in total. The highest BCUT2D eigenvalue weighted by Gasteiger charge is 2.23. The minimum atomic E-state index is -0.305. The summed E-state index contributed by atoms with van der Waals surface area (Å²) in [4.78, 5) is 12.1. The molecule has 1 amide bonds. The topological polar surface area (TPSA) is 61.4 Å². The summed E-state index contributed by atoms with van der Waals surface area (Å²) in [6, 6.07) is 9.27. The van der Waals surface area contributed by atoms with Crippen LogP contribution in [0.3, 0.4) is 0 Å². The van der Waals surface area contributed by atoms with Crippen molar-refractivity contribution < 1.29 is 9.90 Å². The van der Waals surface area contributed by atoms with Crippen LogP contribution in [0.25, 0.3) is 0 Å². The number of halogens is 1. The van der Waals surface area contributed by atoms with Gasteiger partial charge in [-0.05, 0) is 24.9 Å². The van der Waals surface area contributed by atoms with Crippen LogP contribution in [0.1, 0.15) is 24.4 Å². The Kier molecular flexibility index (Phi) is 6.84. The van der Waals surface area contributed by atoms with Gasteiger partial charge in [-0.2, -0.15) is 0 Å². The van der Waals surface area contributed by atoms with Crippen molar-refractivity contribution in [3.63, 3.8) is 0 Å². The van der Waals surface area contributed by atoms with Crippen LogP contribution < -0.4 is 10.6 Å². The van der Waals surface area contributed by atoms with E-state index in [0.29, 0.717) is 0 Å². The van der Waals surface area contributed by atoms with Crippen molar-refractivity contribution in [2.45, 2.75) is 18.9 Å². The Morgan fingerprint density at radius 1 is 1.42 bits per heavy atom. The standard InChI is InChI=1S/C14H20N2O2.ClH/c17-10-13(11-5-2-1-3-6-11)16-14(18)12-7-4-8-15-9-12;/h1-3,5-6,12-13,15,17H,4,7-10H2,(H,16,18);1H/t12-,13-;/m1./s1. The molecule has 1 aromatic carbocycles. The Labute approximate surface area is 120 Å². The smallest absolute Gasteiger partial charge is 0.224 e. The summed E-state index contributed by atoms with van der Waals surface area (Å²) in [6.45, 7) is 1.65. The lowest BCUT2D eigenvalue weighted by Crippen LogP contribution is -2.42. The van der Waals surface area contributed by atoms with Crippen molar-refractivity contribution in [1.29, 1.82) is 0 Å². The van der Waals surface area contributed by atoms with Gasteiger partial charge >= 0.3 is 0 Å². The molecule has 1 heterocycles. The third-order valence-corrected chi connectivity index (χ3v) is 3.37. The Morgan fingerprint density at radius 3 is 2.74 bits per heavy atom. The molecular formula is C14H21ClN2O2. The molecular weight excluding hydrogens is 264 g/mol. The fourth-order valence-electron chi connectivity index (χ4n) is 2.28. The fourth-order valence-corrected chi connectivity index (χ4v) is 2.28. The molecule has 0 saturated carbocycles. The molecule has 5 heteroatoms. The largest absolute Gasteiger partial charge is 0.394 e. The van der Waals surface area contributed by atoms with Gasteiger partial charge in [0.1, 0.15) is 0 Å². The number of carbonyl (C=O) groups excluding carboxylic acids is 1. The molecule has 1 aliphatic rings. The molecule has 19 heavy (non-hydrogen) atoms. The Bertz CT molecular complexity index is 380. The highest BCUT2D eigenvalue weighted by Crippen LogP contribution is 2.15. The number of hydrogen-bond donors (Lipinski definition) is 3. The number of piperidine rings is 1. The normalized spacial score (nSPS) is 20.2. The van der Waals surface area contributed by atoms with Crippen molar-refractivity contribution in [3.05, 3.63) is 35.9 Å². The number of aliphatic hydroxyl groups excluding tert-OH is 1. The zero-order valence-corrected chi connectivity index (χ0v) is 11.7. The first kappa shape index (κ1) is 16.0. The van der Waals surface area contributed by atoms with Gasteiger partial charge in [-0.3, -0.25) is 4.79 Å². The van der Waals surface area contributed by atoms with Crippen molar-refractivity contribution in [2.75, 3.05) is 19.7 Å². The minimum Gasteiger partial charge on any atom is -0.394 e.